The lowest BCUT2D eigenvalue weighted by Crippen LogP contribution is -2.24. The van der Waals surface area contributed by atoms with Gasteiger partial charge in [-0.1, -0.05) is 35.9 Å². The maximum atomic E-state index is 12.1. The van der Waals surface area contributed by atoms with Gasteiger partial charge in [0.2, 0.25) is 0 Å². The molecule has 5 nitrogen and oxygen atoms in total. The number of hydrazone groups is 1. The Morgan fingerprint density at radius 3 is 2.52 bits per heavy atom. The van der Waals surface area contributed by atoms with E-state index in [-0.39, 0.29) is 12.5 Å². The van der Waals surface area contributed by atoms with E-state index in [4.69, 9.17) is 16.3 Å². The quantitative estimate of drug-likeness (QED) is 0.317. The van der Waals surface area contributed by atoms with E-state index in [2.05, 4.69) is 52.3 Å². The summed E-state index contributed by atoms with van der Waals surface area (Å²) in [7, 11) is 0. The molecule has 6 heteroatoms. The zero-order valence-electron chi connectivity index (χ0n) is 17.8. The van der Waals surface area contributed by atoms with E-state index in [9.17, 15) is 4.79 Å². The summed E-state index contributed by atoms with van der Waals surface area (Å²) in [4.78, 5) is 12.1. The Hall–Kier alpha value is -3.31. The van der Waals surface area contributed by atoms with Crippen molar-refractivity contribution in [2.45, 2.75) is 27.3 Å². The number of fused-ring (bicyclic) bond motifs is 3. The number of hydrogen-bond donors (Lipinski definition) is 1. The number of ether oxygens (including phenoxy) is 1. The highest BCUT2D eigenvalue weighted by Crippen LogP contribution is 2.29. The van der Waals surface area contributed by atoms with Crippen molar-refractivity contribution in [3.63, 3.8) is 0 Å². The van der Waals surface area contributed by atoms with Gasteiger partial charge in [0.05, 0.1) is 6.21 Å². The fourth-order valence-corrected chi connectivity index (χ4v) is 3.95. The maximum absolute atomic E-state index is 12.1. The number of rotatable bonds is 6. The molecule has 0 bridgehead atoms. The van der Waals surface area contributed by atoms with Crippen LogP contribution in [-0.4, -0.2) is 23.3 Å². The molecule has 0 saturated carbocycles. The number of hydrogen-bond acceptors (Lipinski definition) is 3. The zero-order chi connectivity index (χ0) is 22.0. The maximum Gasteiger partial charge on any atom is 0.277 e. The number of nitrogens with zero attached hydrogens (tertiary/aromatic N) is 2. The van der Waals surface area contributed by atoms with Gasteiger partial charge in [-0.15, -0.1) is 0 Å². The van der Waals surface area contributed by atoms with Gasteiger partial charge in [0.1, 0.15) is 5.75 Å². The molecule has 0 fully saturated rings. The van der Waals surface area contributed by atoms with Gasteiger partial charge in [-0.3, -0.25) is 4.79 Å². The van der Waals surface area contributed by atoms with Crippen molar-refractivity contribution in [3.8, 4) is 5.75 Å². The topological polar surface area (TPSA) is 55.6 Å². The molecular weight excluding hydrogens is 410 g/mol. The van der Waals surface area contributed by atoms with Crippen LogP contribution in [-0.2, 0) is 11.3 Å². The first-order valence-electron chi connectivity index (χ1n) is 10.2. The van der Waals surface area contributed by atoms with E-state index in [1.807, 2.05) is 38.1 Å². The average molecular weight is 434 g/mol. The summed E-state index contributed by atoms with van der Waals surface area (Å²) in [5.74, 6) is 0.279. The monoisotopic (exact) mass is 433 g/mol. The molecule has 1 heterocycles. The zero-order valence-corrected chi connectivity index (χ0v) is 18.5. The number of para-hydroxylation sites is 1. The summed E-state index contributed by atoms with van der Waals surface area (Å²) >= 11 is 6.16. The highest BCUT2D eigenvalue weighted by molar-refractivity contribution is 6.32. The second kappa shape index (κ2) is 8.82. The third-order valence-corrected chi connectivity index (χ3v) is 5.89. The Morgan fingerprint density at radius 1 is 1.06 bits per heavy atom. The van der Waals surface area contributed by atoms with Crippen molar-refractivity contribution in [3.05, 3.63) is 76.3 Å². The molecule has 3 aromatic carbocycles. The summed E-state index contributed by atoms with van der Waals surface area (Å²) in [6.07, 6.45) is 1.64. The molecule has 0 aliphatic heterocycles. The summed E-state index contributed by atoms with van der Waals surface area (Å²) in [5.41, 5.74) is 7.66. The van der Waals surface area contributed by atoms with Gasteiger partial charge in [-0.2, -0.15) is 5.10 Å². The van der Waals surface area contributed by atoms with Crippen molar-refractivity contribution in [2.75, 3.05) is 6.61 Å². The van der Waals surface area contributed by atoms with E-state index in [1.165, 1.54) is 21.8 Å². The number of amides is 1. The van der Waals surface area contributed by atoms with Gasteiger partial charge in [-0.05, 0) is 67.8 Å². The van der Waals surface area contributed by atoms with Crippen LogP contribution in [0.1, 0.15) is 23.6 Å². The average Bonchev–Trinajstić information content (AvgIpc) is 3.09. The fourth-order valence-electron chi connectivity index (χ4n) is 3.84. The molecule has 1 N–H and O–H groups in total. The number of carbonyl (C=O) groups excluding carboxylic acids is 1. The van der Waals surface area contributed by atoms with Gasteiger partial charge in [0, 0.05) is 33.4 Å². The number of aryl methyl sites for hydroxylation is 3. The van der Waals surface area contributed by atoms with Gasteiger partial charge in [-0.25, -0.2) is 5.43 Å². The van der Waals surface area contributed by atoms with Crippen molar-refractivity contribution in [1.82, 2.24) is 9.99 Å². The molecule has 1 aromatic heterocycles. The first-order valence-corrected chi connectivity index (χ1v) is 10.6. The normalized spacial score (nSPS) is 11.5. The van der Waals surface area contributed by atoms with Crippen LogP contribution in [0.4, 0.5) is 0 Å². The minimum Gasteiger partial charge on any atom is -0.484 e. The van der Waals surface area contributed by atoms with Crippen LogP contribution < -0.4 is 10.2 Å². The molecule has 0 spiro atoms. The van der Waals surface area contributed by atoms with E-state index < -0.39 is 0 Å². The van der Waals surface area contributed by atoms with E-state index in [0.717, 1.165) is 23.2 Å². The Morgan fingerprint density at radius 2 is 1.77 bits per heavy atom. The van der Waals surface area contributed by atoms with Gasteiger partial charge >= 0.3 is 0 Å². The fraction of sp³-hybridized carbons (Fsp3) is 0.200. The van der Waals surface area contributed by atoms with E-state index in [0.29, 0.717) is 10.8 Å². The van der Waals surface area contributed by atoms with Crippen LogP contribution in [0.25, 0.3) is 21.8 Å². The summed E-state index contributed by atoms with van der Waals surface area (Å²) in [6, 6.07) is 18.2. The summed E-state index contributed by atoms with van der Waals surface area (Å²) in [6.45, 7) is 6.73. The van der Waals surface area contributed by atoms with Crippen LogP contribution in [0, 0.1) is 13.8 Å². The molecule has 158 valence electrons. The highest BCUT2D eigenvalue weighted by Gasteiger charge is 2.09. The third kappa shape index (κ3) is 4.28. The van der Waals surface area contributed by atoms with Crippen molar-refractivity contribution in [1.29, 1.82) is 0 Å². The summed E-state index contributed by atoms with van der Waals surface area (Å²) < 4.78 is 7.86. The van der Waals surface area contributed by atoms with Gasteiger partial charge < -0.3 is 9.30 Å². The molecule has 0 saturated heterocycles. The molecule has 0 aliphatic carbocycles. The first kappa shape index (κ1) is 20.9. The van der Waals surface area contributed by atoms with Crippen LogP contribution >= 0.6 is 11.6 Å². The highest BCUT2D eigenvalue weighted by atomic mass is 35.5. The van der Waals surface area contributed by atoms with Crippen molar-refractivity contribution in [2.24, 2.45) is 5.10 Å². The van der Waals surface area contributed by atoms with Crippen LogP contribution in [0.2, 0.25) is 5.02 Å². The Bertz CT molecular complexity index is 1280. The molecule has 4 aromatic rings. The minimum absolute atomic E-state index is 0.124. The molecule has 1 amide bonds. The Labute approximate surface area is 186 Å². The number of nitrogens with one attached hydrogen (secondary N) is 1. The van der Waals surface area contributed by atoms with Gasteiger partial charge in [0.15, 0.2) is 6.61 Å². The van der Waals surface area contributed by atoms with E-state index in [1.54, 1.807) is 6.21 Å². The Kier molecular flexibility index (Phi) is 5.96. The lowest BCUT2D eigenvalue weighted by Gasteiger charge is -2.09. The van der Waals surface area contributed by atoms with Crippen LogP contribution in [0.5, 0.6) is 5.75 Å². The molecule has 0 atom stereocenters. The Balaban J connectivity index is 1.44. The van der Waals surface area contributed by atoms with Crippen molar-refractivity contribution >= 4 is 45.5 Å². The predicted molar refractivity (Wildman–Crippen MR) is 127 cm³/mol. The number of halogens is 1. The van der Waals surface area contributed by atoms with Crippen LogP contribution in [0.15, 0.2) is 59.7 Å². The molecular formula is C25H24ClN3O2. The van der Waals surface area contributed by atoms with Gasteiger partial charge in [0.25, 0.3) is 5.91 Å². The number of benzene rings is 3. The molecule has 31 heavy (non-hydrogen) atoms. The molecule has 0 unspecified atom stereocenters. The van der Waals surface area contributed by atoms with E-state index >= 15 is 0 Å². The van der Waals surface area contributed by atoms with Crippen LogP contribution in [0.3, 0.4) is 0 Å². The number of carbonyl (C=O) groups is 1. The summed E-state index contributed by atoms with van der Waals surface area (Å²) in [5, 5.41) is 7.17. The first-order chi connectivity index (χ1) is 15.0. The standard InChI is InChI=1S/C25H24ClN3O2/c1-4-29-22-8-6-5-7-20(22)21-13-18(9-10-23(21)29)14-27-28-24(30)15-31-19-11-16(2)25(26)17(3)12-19/h5-14H,4,15H2,1-3H3,(H,28,30). The largest absolute Gasteiger partial charge is 0.484 e. The second-order valence-corrected chi connectivity index (χ2v) is 7.87. The third-order valence-electron chi connectivity index (χ3n) is 5.30. The molecule has 4 rings (SSSR count). The molecule has 0 aliphatic rings. The lowest BCUT2D eigenvalue weighted by molar-refractivity contribution is -0.123. The predicted octanol–water partition coefficient (Wildman–Crippen LogP) is 5.61. The van der Waals surface area contributed by atoms with Crippen molar-refractivity contribution < 1.29 is 9.53 Å². The smallest absolute Gasteiger partial charge is 0.277 e. The lowest BCUT2D eigenvalue weighted by atomic mass is 10.1. The minimum atomic E-state index is -0.329. The molecule has 0 radical (unpaired) electrons. The SMILES string of the molecule is CCn1c2ccccc2c2cc(C=NNC(=O)COc3cc(C)c(Cl)c(C)c3)ccc21. The number of aromatic nitrogens is 1. The second-order valence-electron chi connectivity index (χ2n) is 7.49.